The molecule has 7 heteroatoms. The maximum absolute atomic E-state index is 11.8. The van der Waals surface area contributed by atoms with Crippen molar-refractivity contribution >= 4 is 17.9 Å². The first-order valence-electron chi connectivity index (χ1n) is 6.82. The number of aromatic nitrogens is 2. The standard InChI is InChI=1S/C13H17N5O2/c1-2-9-7-14-11(15-8-9)18-5-3-13(4-6-18)10(19)16-12(20)17-13/h7-8H,2-6H2,1H3,(H2,16,17,19,20). The minimum atomic E-state index is -0.739. The maximum atomic E-state index is 11.8. The third-order valence-electron chi connectivity index (χ3n) is 4.01. The number of carbonyl (C=O) groups is 2. The quantitative estimate of drug-likeness (QED) is 0.754. The van der Waals surface area contributed by atoms with Crippen LogP contribution in [0.15, 0.2) is 12.4 Å². The van der Waals surface area contributed by atoms with Crippen LogP contribution in [0.5, 0.6) is 0 Å². The highest BCUT2D eigenvalue weighted by Gasteiger charge is 2.48. The molecule has 2 saturated heterocycles. The second-order valence-corrected chi connectivity index (χ2v) is 5.22. The van der Waals surface area contributed by atoms with E-state index in [0.29, 0.717) is 31.9 Å². The van der Waals surface area contributed by atoms with Crippen LogP contribution in [-0.4, -0.2) is 40.5 Å². The van der Waals surface area contributed by atoms with E-state index >= 15 is 0 Å². The Morgan fingerprint density at radius 2 is 1.90 bits per heavy atom. The smallest absolute Gasteiger partial charge is 0.322 e. The number of amides is 3. The van der Waals surface area contributed by atoms with Gasteiger partial charge in [-0.15, -0.1) is 0 Å². The molecule has 0 saturated carbocycles. The Kier molecular flexibility index (Phi) is 3.04. The first-order chi connectivity index (χ1) is 9.63. The van der Waals surface area contributed by atoms with Gasteiger partial charge in [-0.1, -0.05) is 6.92 Å². The van der Waals surface area contributed by atoms with Gasteiger partial charge in [0.1, 0.15) is 5.54 Å². The molecular weight excluding hydrogens is 258 g/mol. The number of nitrogens with one attached hydrogen (secondary N) is 2. The average molecular weight is 275 g/mol. The fourth-order valence-corrected chi connectivity index (χ4v) is 2.66. The van der Waals surface area contributed by atoms with E-state index in [0.717, 1.165) is 12.0 Å². The minimum Gasteiger partial charge on any atom is -0.341 e. The van der Waals surface area contributed by atoms with Gasteiger partial charge in [0.2, 0.25) is 5.95 Å². The number of hydrogen-bond acceptors (Lipinski definition) is 5. The molecule has 0 aromatic carbocycles. The van der Waals surface area contributed by atoms with Crippen molar-refractivity contribution in [1.29, 1.82) is 0 Å². The van der Waals surface area contributed by atoms with Gasteiger partial charge >= 0.3 is 6.03 Å². The van der Waals surface area contributed by atoms with Gasteiger partial charge in [0.25, 0.3) is 5.91 Å². The van der Waals surface area contributed by atoms with Gasteiger partial charge in [-0.25, -0.2) is 14.8 Å². The van der Waals surface area contributed by atoms with Crippen LogP contribution < -0.4 is 15.5 Å². The number of urea groups is 1. The molecule has 3 heterocycles. The molecule has 106 valence electrons. The summed E-state index contributed by atoms with van der Waals surface area (Å²) in [6, 6.07) is -0.396. The zero-order valence-corrected chi connectivity index (χ0v) is 11.3. The molecule has 3 amide bonds. The summed E-state index contributed by atoms with van der Waals surface area (Å²) < 4.78 is 0. The lowest BCUT2D eigenvalue weighted by atomic mass is 9.88. The molecule has 0 aliphatic carbocycles. The van der Waals surface area contributed by atoms with Crippen molar-refractivity contribution in [2.75, 3.05) is 18.0 Å². The second-order valence-electron chi connectivity index (χ2n) is 5.22. The van der Waals surface area contributed by atoms with Crippen molar-refractivity contribution in [2.45, 2.75) is 31.7 Å². The van der Waals surface area contributed by atoms with E-state index < -0.39 is 11.6 Å². The van der Waals surface area contributed by atoms with E-state index in [2.05, 4.69) is 27.5 Å². The zero-order valence-electron chi connectivity index (χ0n) is 11.3. The zero-order chi connectivity index (χ0) is 14.2. The van der Waals surface area contributed by atoms with Gasteiger partial charge in [0.15, 0.2) is 0 Å². The Morgan fingerprint density at radius 3 is 2.40 bits per heavy atom. The lowest BCUT2D eigenvalue weighted by Crippen LogP contribution is -2.55. The third-order valence-corrected chi connectivity index (χ3v) is 4.01. The summed E-state index contributed by atoms with van der Waals surface area (Å²) in [6.45, 7) is 3.36. The first kappa shape index (κ1) is 12.8. The second kappa shape index (κ2) is 4.73. The highest BCUT2D eigenvalue weighted by Crippen LogP contribution is 2.27. The molecule has 2 aliphatic heterocycles. The predicted molar refractivity (Wildman–Crippen MR) is 72.3 cm³/mol. The Balaban J connectivity index is 1.69. The molecule has 2 aliphatic rings. The van der Waals surface area contributed by atoms with Crippen molar-refractivity contribution < 1.29 is 9.59 Å². The molecule has 20 heavy (non-hydrogen) atoms. The molecule has 1 aromatic rings. The fraction of sp³-hybridized carbons (Fsp3) is 0.538. The van der Waals surface area contributed by atoms with Crippen molar-refractivity contribution in [3.63, 3.8) is 0 Å². The molecule has 2 fully saturated rings. The summed E-state index contributed by atoms with van der Waals surface area (Å²) in [6.07, 6.45) is 5.72. The Morgan fingerprint density at radius 1 is 1.25 bits per heavy atom. The molecule has 3 rings (SSSR count). The van der Waals surface area contributed by atoms with Crippen LogP contribution in [0.3, 0.4) is 0 Å². The van der Waals surface area contributed by atoms with Crippen molar-refractivity contribution in [1.82, 2.24) is 20.6 Å². The van der Waals surface area contributed by atoms with Crippen molar-refractivity contribution in [3.8, 4) is 0 Å². The Hall–Kier alpha value is -2.18. The van der Waals surface area contributed by atoms with Crippen LogP contribution in [0.2, 0.25) is 0 Å². The number of rotatable bonds is 2. The van der Waals surface area contributed by atoms with Gasteiger partial charge < -0.3 is 10.2 Å². The lowest BCUT2D eigenvalue weighted by molar-refractivity contribution is -0.124. The van der Waals surface area contributed by atoms with E-state index in [1.165, 1.54) is 0 Å². The summed E-state index contributed by atoms with van der Waals surface area (Å²) in [5, 5.41) is 5.05. The van der Waals surface area contributed by atoms with Gasteiger partial charge in [0, 0.05) is 25.5 Å². The van der Waals surface area contributed by atoms with Crippen molar-refractivity contribution in [2.24, 2.45) is 0 Å². The monoisotopic (exact) mass is 275 g/mol. The fourth-order valence-electron chi connectivity index (χ4n) is 2.66. The summed E-state index contributed by atoms with van der Waals surface area (Å²) in [7, 11) is 0. The average Bonchev–Trinajstić information content (AvgIpc) is 2.74. The first-order valence-corrected chi connectivity index (χ1v) is 6.82. The summed E-state index contributed by atoms with van der Waals surface area (Å²) >= 11 is 0. The van der Waals surface area contributed by atoms with Gasteiger partial charge in [-0.3, -0.25) is 10.1 Å². The SMILES string of the molecule is CCc1cnc(N2CCC3(CC2)NC(=O)NC3=O)nc1. The normalized spacial score (nSPS) is 20.9. The maximum Gasteiger partial charge on any atom is 0.322 e. The number of hydrogen-bond donors (Lipinski definition) is 2. The predicted octanol–water partition coefficient (Wildman–Crippen LogP) is 0.217. The number of aryl methyl sites for hydroxylation is 1. The molecule has 7 nitrogen and oxygen atoms in total. The van der Waals surface area contributed by atoms with Gasteiger partial charge in [-0.05, 0) is 24.8 Å². The largest absolute Gasteiger partial charge is 0.341 e. The topological polar surface area (TPSA) is 87.2 Å². The van der Waals surface area contributed by atoms with E-state index in [-0.39, 0.29) is 5.91 Å². The molecule has 1 spiro atoms. The van der Waals surface area contributed by atoms with Crippen LogP contribution in [0.4, 0.5) is 10.7 Å². The highest BCUT2D eigenvalue weighted by atomic mass is 16.2. The van der Waals surface area contributed by atoms with Crippen molar-refractivity contribution in [3.05, 3.63) is 18.0 Å². The van der Waals surface area contributed by atoms with E-state index in [1.807, 2.05) is 17.3 Å². The van der Waals surface area contributed by atoms with Crippen LogP contribution in [0.25, 0.3) is 0 Å². The molecule has 0 bridgehead atoms. The van der Waals surface area contributed by atoms with Crippen LogP contribution in [0.1, 0.15) is 25.3 Å². The van der Waals surface area contributed by atoms with E-state index in [1.54, 1.807) is 0 Å². The number of piperidine rings is 1. The minimum absolute atomic E-state index is 0.218. The number of nitrogens with zero attached hydrogens (tertiary/aromatic N) is 3. The molecule has 0 radical (unpaired) electrons. The lowest BCUT2D eigenvalue weighted by Gasteiger charge is -2.36. The Bertz CT molecular complexity index is 534. The van der Waals surface area contributed by atoms with Gasteiger partial charge in [0.05, 0.1) is 0 Å². The molecule has 2 N–H and O–H groups in total. The third kappa shape index (κ3) is 2.09. The molecule has 0 atom stereocenters. The van der Waals surface area contributed by atoms with Crippen LogP contribution in [-0.2, 0) is 11.2 Å². The highest BCUT2D eigenvalue weighted by molar-refractivity contribution is 6.07. The Labute approximate surface area is 116 Å². The summed E-state index contributed by atoms with van der Waals surface area (Å²) in [4.78, 5) is 33.9. The molecule has 0 unspecified atom stereocenters. The van der Waals surface area contributed by atoms with Crippen LogP contribution >= 0.6 is 0 Å². The van der Waals surface area contributed by atoms with E-state index in [9.17, 15) is 9.59 Å². The summed E-state index contributed by atoms with van der Waals surface area (Å²) in [5.41, 5.74) is 0.362. The van der Waals surface area contributed by atoms with Crippen LogP contribution in [0, 0.1) is 0 Å². The molecule has 1 aromatic heterocycles. The van der Waals surface area contributed by atoms with Gasteiger partial charge in [-0.2, -0.15) is 0 Å². The number of imide groups is 1. The molecular formula is C13H17N5O2. The summed E-state index contributed by atoms with van der Waals surface area (Å²) in [5.74, 6) is 0.464. The van der Waals surface area contributed by atoms with E-state index in [4.69, 9.17) is 0 Å². The number of carbonyl (C=O) groups excluding carboxylic acids is 2. The number of anilines is 1.